The number of carbonyl (C=O) groups is 3. The molecular formula is C19H13Cl2NO5S. The van der Waals surface area contributed by atoms with Crippen molar-refractivity contribution in [1.82, 2.24) is 4.90 Å². The number of rotatable bonds is 6. The average molecular weight is 438 g/mol. The van der Waals surface area contributed by atoms with E-state index in [1.165, 1.54) is 0 Å². The van der Waals surface area contributed by atoms with Crippen molar-refractivity contribution in [3.63, 3.8) is 0 Å². The van der Waals surface area contributed by atoms with Gasteiger partial charge in [-0.15, -0.1) is 0 Å². The molecule has 1 saturated heterocycles. The monoisotopic (exact) mass is 437 g/mol. The quantitative estimate of drug-likeness (QED) is 0.659. The van der Waals surface area contributed by atoms with Crippen LogP contribution in [0.1, 0.15) is 11.1 Å². The minimum atomic E-state index is -1.07. The van der Waals surface area contributed by atoms with Crippen LogP contribution in [0.2, 0.25) is 10.0 Å². The molecule has 0 aliphatic carbocycles. The van der Waals surface area contributed by atoms with Crippen LogP contribution < -0.4 is 4.74 Å². The Kier molecular flexibility index (Phi) is 6.28. The van der Waals surface area contributed by atoms with Crippen LogP contribution in [0.5, 0.6) is 5.75 Å². The highest BCUT2D eigenvalue weighted by molar-refractivity contribution is 8.18. The van der Waals surface area contributed by atoms with Crippen molar-refractivity contribution in [2.24, 2.45) is 0 Å². The molecule has 144 valence electrons. The summed E-state index contributed by atoms with van der Waals surface area (Å²) < 4.78 is 5.06. The second-order valence-corrected chi connectivity index (χ2v) is 7.53. The number of imide groups is 1. The maximum Gasteiger partial charge on any atom is 0.341 e. The van der Waals surface area contributed by atoms with Crippen LogP contribution in [-0.2, 0) is 16.1 Å². The van der Waals surface area contributed by atoms with Crippen molar-refractivity contribution >= 4 is 58.2 Å². The lowest BCUT2D eigenvalue weighted by molar-refractivity contribution is -0.139. The van der Waals surface area contributed by atoms with Crippen LogP contribution in [0.3, 0.4) is 0 Å². The molecule has 2 aromatic carbocycles. The number of carboxylic acid groups (broad SMARTS) is 1. The first kappa shape index (κ1) is 20.3. The predicted molar refractivity (Wildman–Crippen MR) is 108 cm³/mol. The van der Waals surface area contributed by atoms with Gasteiger partial charge in [-0.05, 0) is 47.7 Å². The van der Waals surface area contributed by atoms with Gasteiger partial charge in [0.05, 0.1) is 11.4 Å². The van der Waals surface area contributed by atoms with E-state index in [0.29, 0.717) is 26.9 Å². The van der Waals surface area contributed by atoms with Crippen molar-refractivity contribution in [3.8, 4) is 5.75 Å². The number of hydrogen-bond donors (Lipinski definition) is 1. The maximum absolute atomic E-state index is 12.6. The van der Waals surface area contributed by atoms with Gasteiger partial charge < -0.3 is 9.84 Å². The van der Waals surface area contributed by atoms with Crippen molar-refractivity contribution < 1.29 is 24.2 Å². The van der Waals surface area contributed by atoms with Crippen molar-refractivity contribution in [2.75, 3.05) is 6.61 Å². The number of ether oxygens (including phenoxy) is 1. The van der Waals surface area contributed by atoms with E-state index < -0.39 is 23.7 Å². The van der Waals surface area contributed by atoms with Gasteiger partial charge >= 0.3 is 5.97 Å². The topological polar surface area (TPSA) is 83.9 Å². The summed E-state index contributed by atoms with van der Waals surface area (Å²) in [4.78, 5) is 36.8. The molecule has 2 aromatic rings. The van der Waals surface area contributed by atoms with Gasteiger partial charge in [-0.25, -0.2) is 4.79 Å². The molecule has 0 spiro atoms. The van der Waals surface area contributed by atoms with Gasteiger partial charge in [0.2, 0.25) is 0 Å². The molecule has 2 amide bonds. The van der Waals surface area contributed by atoms with E-state index in [4.69, 9.17) is 33.0 Å². The Morgan fingerprint density at radius 1 is 1.11 bits per heavy atom. The SMILES string of the molecule is O=C(O)COc1ccc(/C=C2/SC(=O)N(Cc3c(Cl)cccc3Cl)C2=O)cc1. The van der Waals surface area contributed by atoms with E-state index in [-0.39, 0.29) is 11.4 Å². The van der Waals surface area contributed by atoms with E-state index in [9.17, 15) is 14.4 Å². The lowest BCUT2D eigenvalue weighted by Crippen LogP contribution is -2.27. The fourth-order valence-electron chi connectivity index (χ4n) is 2.43. The summed E-state index contributed by atoms with van der Waals surface area (Å²) in [6, 6.07) is 11.5. The number of amides is 2. The number of hydrogen-bond acceptors (Lipinski definition) is 5. The normalized spacial score (nSPS) is 15.4. The molecule has 0 aromatic heterocycles. The van der Waals surface area contributed by atoms with Crippen LogP contribution in [0.15, 0.2) is 47.4 Å². The number of carboxylic acids is 1. The molecule has 9 heteroatoms. The standard InChI is InChI=1S/C19H13Cl2NO5S/c20-14-2-1-3-15(21)13(14)9-22-18(25)16(28-19(22)26)8-11-4-6-12(7-5-11)27-10-17(23)24/h1-8H,9-10H2,(H,23,24)/b16-8+. The number of thioether (sulfide) groups is 1. The average Bonchev–Trinajstić information content (AvgIpc) is 2.91. The van der Waals surface area contributed by atoms with E-state index in [2.05, 4.69) is 0 Å². The zero-order valence-corrected chi connectivity index (χ0v) is 16.6. The summed E-state index contributed by atoms with van der Waals surface area (Å²) in [5.41, 5.74) is 1.18. The minimum Gasteiger partial charge on any atom is -0.482 e. The second-order valence-electron chi connectivity index (χ2n) is 5.72. The van der Waals surface area contributed by atoms with Crippen LogP contribution >= 0.6 is 35.0 Å². The van der Waals surface area contributed by atoms with Gasteiger partial charge in [0.15, 0.2) is 6.61 Å². The highest BCUT2D eigenvalue weighted by Gasteiger charge is 2.35. The highest BCUT2D eigenvalue weighted by atomic mass is 35.5. The van der Waals surface area contributed by atoms with Crippen LogP contribution in [0.25, 0.3) is 6.08 Å². The highest BCUT2D eigenvalue weighted by Crippen LogP contribution is 2.35. The smallest absolute Gasteiger partial charge is 0.341 e. The number of nitrogens with zero attached hydrogens (tertiary/aromatic N) is 1. The third-order valence-electron chi connectivity index (χ3n) is 3.79. The predicted octanol–water partition coefficient (Wildman–Crippen LogP) is 4.69. The van der Waals surface area contributed by atoms with Gasteiger partial charge in [0.25, 0.3) is 11.1 Å². The molecule has 0 atom stereocenters. The first-order valence-corrected chi connectivity index (χ1v) is 9.55. The number of aliphatic carboxylic acids is 1. The number of halogens is 2. The first-order valence-electron chi connectivity index (χ1n) is 7.98. The summed E-state index contributed by atoms with van der Waals surface area (Å²) in [5.74, 6) is -1.12. The van der Waals surface area contributed by atoms with E-state index in [1.54, 1.807) is 48.5 Å². The Bertz CT molecular complexity index is 955. The van der Waals surface area contributed by atoms with Crippen LogP contribution in [0, 0.1) is 0 Å². The second kappa shape index (κ2) is 8.68. The van der Waals surface area contributed by atoms with Gasteiger partial charge in [-0.1, -0.05) is 41.4 Å². The van der Waals surface area contributed by atoms with Gasteiger partial charge in [-0.3, -0.25) is 14.5 Å². The molecule has 1 aliphatic rings. The maximum atomic E-state index is 12.6. The summed E-state index contributed by atoms with van der Waals surface area (Å²) in [6.45, 7) is -0.453. The van der Waals surface area contributed by atoms with Crippen molar-refractivity contribution in [3.05, 3.63) is 68.5 Å². The summed E-state index contributed by atoms with van der Waals surface area (Å²) >= 11 is 13.1. The molecule has 1 heterocycles. The molecule has 0 bridgehead atoms. The van der Waals surface area contributed by atoms with E-state index in [0.717, 1.165) is 16.7 Å². The van der Waals surface area contributed by atoms with Crippen molar-refractivity contribution in [2.45, 2.75) is 6.54 Å². The Morgan fingerprint density at radius 2 is 1.75 bits per heavy atom. The molecule has 28 heavy (non-hydrogen) atoms. The summed E-state index contributed by atoms with van der Waals surface area (Å²) in [5, 5.41) is 8.97. The molecular weight excluding hydrogens is 425 g/mol. The molecule has 1 N–H and O–H groups in total. The number of benzene rings is 2. The summed E-state index contributed by atoms with van der Waals surface area (Å²) in [7, 11) is 0. The van der Waals surface area contributed by atoms with E-state index >= 15 is 0 Å². The minimum absolute atomic E-state index is 0.0114. The Labute approximate surface area is 174 Å². The molecule has 3 rings (SSSR count). The van der Waals surface area contributed by atoms with Gasteiger partial charge in [0, 0.05) is 15.6 Å². The molecule has 0 radical (unpaired) electrons. The van der Waals surface area contributed by atoms with Crippen molar-refractivity contribution in [1.29, 1.82) is 0 Å². The third kappa shape index (κ3) is 4.67. The molecule has 1 fully saturated rings. The van der Waals surface area contributed by atoms with Gasteiger partial charge in [-0.2, -0.15) is 0 Å². The molecule has 0 unspecified atom stereocenters. The molecule has 1 aliphatic heterocycles. The zero-order valence-electron chi connectivity index (χ0n) is 14.2. The largest absolute Gasteiger partial charge is 0.482 e. The first-order chi connectivity index (χ1) is 13.3. The molecule has 6 nitrogen and oxygen atoms in total. The molecule has 0 saturated carbocycles. The Balaban J connectivity index is 1.75. The lowest BCUT2D eigenvalue weighted by Gasteiger charge is -2.14. The fourth-order valence-corrected chi connectivity index (χ4v) is 3.79. The third-order valence-corrected chi connectivity index (χ3v) is 5.41. The van der Waals surface area contributed by atoms with Gasteiger partial charge in [0.1, 0.15) is 5.75 Å². The fraction of sp³-hybridized carbons (Fsp3) is 0.105. The summed E-state index contributed by atoms with van der Waals surface area (Å²) in [6.07, 6.45) is 1.58. The van der Waals surface area contributed by atoms with Crippen LogP contribution in [-0.4, -0.2) is 33.7 Å². The van der Waals surface area contributed by atoms with E-state index in [1.807, 2.05) is 0 Å². The lowest BCUT2D eigenvalue weighted by atomic mass is 10.2. The Morgan fingerprint density at radius 3 is 2.36 bits per heavy atom. The van der Waals surface area contributed by atoms with Crippen LogP contribution in [0.4, 0.5) is 4.79 Å². The number of carbonyl (C=O) groups excluding carboxylic acids is 2. The Hall–Kier alpha value is -2.48. The zero-order chi connectivity index (χ0) is 20.3.